The van der Waals surface area contributed by atoms with E-state index in [4.69, 9.17) is 0 Å². The average molecular weight is 375 g/mol. The summed E-state index contributed by atoms with van der Waals surface area (Å²) in [6, 6.07) is 16.9. The lowest BCUT2D eigenvalue weighted by atomic mass is 10.2. The van der Waals surface area contributed by atoms with Gasteiger partial charge in [0.2, 0.25) is 0 Å². The minimum absolute atomic E-state index is 0.116. The lowest BCUT2D eigenvalue weighted by molar-refractivity contribution is 0.102. The maximum atomic E-state index is 12.4. The molecule has 2 aromatic heterocycles. The minimum Gasteiger partial charge on any atom is -0.322 e. The van der Waals surface area contributed by atoms with Crippen molar-refractivity contribution in [3.63, 3.8) is 0 Å². The van der Waals surface area contributed by atoms with Gasteiger partial charge in [-0.15, -0.1) is 11.3 Å². The quantitative estimate of drug-likeness (QED) is 0.583. The first kappa shape index (κ1) is 17.2. The van der Waals surface area contributed by atoms with E-state index in [-0.39, 0.29) is 11.1 Å². The maximum absolute atomic E-state index is 12.4. The van der Waals surface area contributed by atoms with E-state index in [0.717, 1.165) is 20.8 Å². The number of carbonyl (C=O) groups excluding carboxylic acids is 1. The molecule has 134 valence electrons. The number of aryl methyl sites for hydroxylation is 2. The van der Waals surface area contributed by atoms with E-state index >= 15 is 0 Å². The molecule has 4 aromatic rings. The Morgan fingerprint density at radius 3 is 2.67 bits per heavy atom. The molecule has 2 heterocycles. The molecular formula is C21H17N3O2S. The highest BCUT2D eigenvalue weighted by atomic mass is 32.1. The van der Waals surface area contributed by atoms with E-state index in [1.165, 1.54) is 16.2 Å². The molecule has 2 aromatic carbocycles. The summed E-state index contributed by atoms with van der Waals surface area (Å²) in [6.07, 6.45) is 1.62. The monoisotopic (exact) mass is 375 g/mol. The molecule has 5 nitrogen and oxygen atoms in total. The van der Waals surface area contributed by atoms with Gasteiger partial charge in [0.1, 0.15) is 10.6 Å². The number of hydrogen-bond donors (Lipinski definition) is 1. The van der Waals surface area contributed by atoms with Crippen LogP contribution >= 0.6 is 11.3 Å². The van der Waals surface area contributed by atoms with Crippen molar-refractivity contribution in [2.45, 2.75) is 6.92 Å². The van der Waals surface area contributed by atoms with Crippen LogP contribution in [0.25, 0.3) is 20.8 Å². The molecule has 1 N–H and O–H groups in total. The standard InChI is InChI=1S/C21H17N3O2S/c1-13-5-10-17-18(12-13)27-20(23-17)14-6-8-15(9-7-14)22-19(25)16-4-3-11-24(2)21(16)26/h3-12H,1-2H3,(H,22,25). The van der Waals surface area contributed by atoms with Crippen LogP contribution in [0.2, 0.25) is 0 Å². The number of carbonyl (C=O) groups is 1. The summed E-state index contributed by atoms with van der Waals surface area (Å²) in [5, 5.41) is 3.71. The summed E-state index contributed by atoms with van der Waals surface area (Å²) in [5.74, 6) is -0.417. The predicted octanol–water partition coefficient (Wildman–Crippen LogP) is 4.22. The van der Waals surface area contributed by atoms with Gasteiger partial charge in [0.25, 0.3) is 11.5 Å². The Morgan fingerprint density at radius 2 is 1.89 bits per heavy atom. The molecule has 0 bridgehead atoms. The molecule has 0 fully saturated rings. The fraction of sp³-hybridized carbons (Fsp3) is 0.0952. The number of nitrogens with one attached hydrogen (secondary N) is 1. The van der Waals surface area contributed by atoms with Crippen molar-refractivity contribution in [1.82, 2.24) is 9.55 Å². The highest BCUT2D eigenvalue weighted by molar-refractivity contribution is 7.21. The Bertz CT molecular complexity index is 1210. The number of thiazole rings is 1. The number of pyridine rings is 1. The number of anilines is 1. The van der Waals surface area contributed by atoms with Crippen LogP contribution < -0.4 is 10.9 Å². The van der Waals surface area contributed by atoms with Gasteiger partial charge in [0.15, 0.2) is 0 Å². The van der Waals surface area contributed by atoms with E-state index in [9.17, 15) is 9.59 Å². The zero-order valence-corrected chi connectivity index (χ0v) is 15.7. The first-order valence-corrected chi connectivity index (χ1v) is 9.27. The third-order valence-electron chi connectivity index (χ3n) is 4.30. The molecule has 27 heavy (non-hydrogen) atoms. The largest absolute Gasteiger partial charge is 0.322 e. The highest BCUT2D eigenvalue weighted by Crippen LogP contribution is 2.31. The van der Waals surface area contributed by atoms with Crippen molar-refractivity contribution >= 4 is 33.1 Å². The Morgan fingerprint density at radius 1 is 1.11 bits per heavy atom. The van der Waals surface area contributed by atoms with Crippen molar-refractivity contribution in [2.75, 3.05) is 5.32 Å². The SMILES string of the molecule is Cc1ccc2nc(-c3ccc(NC(=O)c4cccn(C)c4=O)cc3)sc2c1. The minimum atomic E-state index is -0.417. The van der Waals surface area contributed by atoms with Gasteiger partial charge >= 0.3 is 0 Å². The molecular weight excluding hydrogens is 358 g/mol. The van der Waals surface area contributed by atoms with Crippen LogP contribution in [0.5, 0.6) is 0 Å². The van der Waals surface area contributed by atoms with Crippen LogP contribution in [-0.4, -0.2) is 15.5 Å². The Kier molecular flexibility index (Phi) is 4.33. The second-order valence-corrected chi connectivity index (χ2v) is 7.39. The maximum Gasteiger partial charge on any atom is 0.263 e. The highest BCUT2D eigenvalue weighted by Gasteiger charge is 2.12. The second-order valence-electron chi connectivity index (χ2n) is 6.36. The van der Waals surface area contributed by atoms with Crippen LogP contribution in [0, 0.1) is 6.92 Å². The summed E-state index contributed by atoms with van der Waals surface area (Å²) in [5.41, 5.74) is 3.61. The normalized spacial score (nSPS) is 10.9. The van der Waals surface area contributed by atoms with Crippen molar-refractivity contribution in [3.05, 3.63) is 82.3 Å². The Labute approximate surface area is 159 Å². The zero-order valence-electron chi connectivity index (χ0n) is 14.9. The summed E-state index contributed by atoms with van der Waals surface area (Å²) in [6.45, 7) is 2.07. The molecule has 0 aliphatic rings. The predicted molar refractivity (Wildman–Crippen MR) is 109 cm³/mol. The van der Waals surface area contributed by atoms with Gasteiger partial charge in [-0.05, 0) is 61.0 Å². The molecule has 4 rings (SSSR count). The summed E-state index contributed by atoms with van der Waals surface area (Å²) in [7, 11) is 1.62. The van der Waals surface area contributed by atoms with E-state index in [2.05, 4.69) is 29.4 Å². The van der Waals surface area contributed by atoms with Crippen molar-refractivity contribution in [2.24, 2.45) is 7.05 Å². The number of amides is 1. The van der Waals surface area contributed by atoms with Crippen LogP contribution in [-0.2, 0) is 7.05 Å². The lowest BCUT2D eigenvalue weighted by Crippen LogP contribution is -2.26. The first-order valence-electron chi connectivity index (χ1n) is 8.46. The van der Waals surface area contributed by atoms with Crippen molar-refractivity contribution < 1.29 is 4.79 Å². The van der Waals surface area contributed by atoms with Crippen molar-refractivity contribution in [3.8, 4) is 10.6 Å². The molecule has 0 spiro atoms. The molecule has 6 heteroatoms. The average Bonchev–Trinajstić information content (AvgIpc) is 3.07. The number of benzene rings is 2. The zero-order chi connectivity index (χ0) is 19.0. The van der Waals surface area contributed by atoms with Gasteiger partial charge < -0.3 is 9.88 Å². The first-order chi connectivity index (χ1) is 13.0. The number of rotatable bonds is 3. The van der Waals surface area contributed by atoms with E-state index in [1.54, 1.807) is 30.6 Å². The summed E-state index contributed by atoms with van der Waals surface area (Å²) >= 11 is 1.64. The fourth-order valence-electron chi connectivity index (χ4n) is 2.82. The van der Waals surface area contributed by atoms with E-state index in [0.29, 0.717) is 5.69 Å². The third-order valence-corrected chi connectivity index (χ3v) is 5.37. The Hall–Kier alpha value is -3.25. The van der Waals surface area contributed by atoms with E-state index < -0.39 is 5.91 Å². The van der Waals surface area contributed by atoms with Crippen LogP contribution in [0.15, 0.2) is 65.6 Å². The smallest absolute Gasteiger partial charge is 0.263 e. The van der Waals surface area contributed by atoms with Crippen LogP contribution in [0.3, 0.4) is 0 Å². The number of fused-ring (bicyclic) bond motifs is 1. The van der Waals surface area contributed by atoms with Gasteiger partial charge in [-0.2, -0.15) is 0 Å². The number of aromatic nitrogens is 2. The molecule has 0 aliphatic carbocycles. The fourth-order valence-corrected chi connectivity index (χ4v) is 3.89. The van der Waals surface area contributed by atoms with E-state index in [1.807, 2.05) is 30.3 Å². The van der Waals surface area contributed by atoms with Gasteiger partial charge in [0.05, 0.1) is 10.2 Å². The summed E-state index contributed by atoms with van der Waals surface area (Å²) < 4.78 is 2.54. The number of nitrogens with zero attached hydrogens (tertiary/aromatic N) is 2. The van der Waals surface area contributed by atoms with Gasteiger partial charge in [-0.25, -0.2) is 4.98 Å². The molecule has 1 amide bonds. The molecule has 0 aliphatic heterocycles. The molecule has 0 radical (unpaired) electrons. The van der Waals surface area contributed by atoms with Crippen LogP contribution in [0.4, 0.5) is 5.69 Å². The molecule has 0 unspecified atom stereocenters. The Balaban J connectivity index is 1.57. The lowest BCUT2D eigenvalue weighted by Gasteiger charge is -2.06. The van der Waals surface area contributed by atoms with Gasteiger partial charge in [-0.3, -0.25) is 9.59 Å². The summed E-state index contributed by atoms with van der Waals surface area (Å²) in [4.78, 5) is 29.1. The van der Waals surface area contributed by atoms with Gasteiger partial charge in [0, 0.05) is 24.5 Å². The van der Waals surface area contributed by atoms with Gasteiger partial charge in [-0.1, -0.05) is 6.07 Å². The molecule has 0 saturated carbocycles. The molecule has 0 saturated heterocycles. The third kappa shape index (κ3) is 3.39. The second kappa shape index (κ2) is 6.81. The van der Waals surface area contributed by atoms with Crippen molar-refractivity contribution in [1.29, 1.82) is 0 Å². The number of hydrogen-bond acceptors (Lipinski definition) is 4. The van der Waals surface area contributed by atoms with Crippen LogP contribution in [0.1, 0.15) is 15.9 Å². The molecule has 0 atom stereocenters. The topological polar surface area (TPSA) is 64.0 Å².